The second-order valence-corrected chi connectivity index (χ2v) is 8.34. The lowest BCUT2D eigenvalue weighted by molar-refractivity contribution is -0.122. The molecule has 0 saturated carbocycles. The summed E-state index contributed by atoms with van der Waals surface area (Å²) in [7, 11) is 0. The van der Waals surface area contributed by atoms with E-state index in [0.29, 0.717) is 19.0 Å². The van der Waals surface area contributed by atoms with Gasteiger partial charge in [-0.15, -0.1) is 11.3 Å². The monoisotopic (exact) mass is 390 g/mol. The number of fused-ring (bicyclic) bond motifs is 1. The highest BCUT2D eigenvalue weighted by Gasteiger charge is 2.19. The highest BCUT2D eigenvalue weighted by atomic mass is 32.1. The molecule has 2 heterocycles. The van der Waals surface area contributed by atoms with Crippen LogP contribution in [-0.2, 0) is 17.8 Å². The smallest absolute Gasteiger partial charge is 0.234 e. The van der Waals surface area contributed by atoms with Crippen LogP contribution in [0.5, 0.6) is 0 Å². The predicted octanol–water partition coefficient (Wildman–Crippen LogP) is 4.44. The Morgan fingerprint density at radius 2 is 1.68 bits per heavy atom. The SMILES string of the molecule is O=C(CN1CCc2sccc2C1)NCCC(c1ccccc1)c1ccccc1. The summed E-state index contributed by atoms with van der Waals surface area (Å²) in [5.41, 5.74) is 3.98. The van der Waals surface area contributed by atoms with Gasteiger partial charge < -0.3 is 5.32 Å². The number of benzene rings is 2. The summed E-state index contributed by atoms with van der Waals surface area (Å²) in [5.74, 6) is 0.421. The maximum absolute atomic E-state index is 12.5. The molecule has 1 N–H and O–H groups in total. The molecule has 0 unspecified atom stereocenters. The molecule has 3 nitrogen and oxygen atoms in total. The molecule has 0 atom stereocenters. The predicted molar refractivity (Wildman–Crippen MR) is 116 cm³/mol. The standard InChI is InChI=1S/C24H26N2OS/c27-24(18-26-15-12-23-21(17-26)13-16-28-23)25-14-11-22(19-7-3-1-4-8-19)20-9-5-2-6-10-20/h1-10,13,16,22H,11-12,14-15,17-18H2,(H,25,27). The molecule has 4 heteroatoms. The number of carbonyl (C=O) groups is 1. The van der Waals surface area contributed by atoms with Gasteiger partial charge in [-0.2, -0.15) is 0 Å². The van der Waals surface area contributed by atoms with Crippen LogP contribution in [0.1, 0.15) is 33.9 Å². The summed E-state index contributed by atoms with van der Waals surface area (Å²) in [6.45, 7) is 3.03. The van der Waals surface area contributed by atoms with Crippen molar-refractivity contribution in [2.75, 3.05) is 19.6 Å². The Hall–Kier alpha value is -2.43. The number of thiophene rings is 1. The average molecular weight is 391 g/mol. The zero-order chi connectivity index (χ0) is 19.2. The van der Waals surface area contributed by atoms with E-state index < -0.39 is 0 Å². The Morgan fingerprint density at radius 1 is 1.00 bits per heavy atom. The molecule has 28 heavy (non-hydrogen) atoms. The molecule has 1 amide bonds. The van der Waals surface area contributed by atoms with Crippen LogP contribution in [0.15, 0.2) is 72.1 Å². The summed E-state index contributed by atoms with van der Waals surface area (Å²) < 4.78 is 0. The molecule has 4 rings (SSSR count). The summed E-state index contributed by atoms with van der Waals surface area (Å²) >= 11 is 1.83. The maximum Gasteiger partial charge on any atom is 0.234 e. The third-order valence-electron chi connectivity index (χ3n) is 5.41. The van der Waals surface area contributed by atoms with E-state index in [1.54, 1.807) is 0 Å². The minimum atomic E-state index is 0.124. The zero-order valence-corrected chi connectivity index (χ0v) is 16.8. The lowest BCUT2D eigenvalue weighted by Gasteiger charge is -2.26. The molecule has 1 aliphatic heterocycles. The fourth-order valence-electron chi connectivity index (χ4n) is 3.95. The first kappa shape index (κ1) is 18.9. The summed E-state index contributed by atoms with van der Waals surface area (Å²) in [6.07, 6.45) is 1.96. The highest BCUT2D eigenvalue weighted by Crippen LogP contribution is 2.27. The van der Waals surface area contributed by atoms with E-state index in [1.807, 2.05) is 23.5 Å². The molecular weight excluding hydrogens is 364 g/mol. The van der Waals surface area contributed by atoms with Crippen LogP contribution in [0.3, 0.4) is 0 Å². The fourth-order valence-corrected chi connectivity index (χ4v) is 4.84. The Bertz CT molecular complexity index is 852. The van der Waals surface area contributed by atoms with Crippen LogP contribution in [-0.4, -0.2) is 30.4 Å². The van der Waals surface area contributed by atoms with Gasteiger partial charge in [-0.25, -0.2) is 0 Å². The van der Waals surface area contributed by atoms with Gasteiger partial charge in [-0.05, 0) is 41.0 Å². The molecule has 0 aliphatic carbocycles. The average Bonchev–Trinajstić information content (AvgIpc) is 3.20. The molecule has 0 saturated heterocycles. The van der Waals surface area contributed by atoms with Crippen LogP contribution in [0.4, 0.5) is 0 Å². The zero-order valence-electron chi connectivity index (χ0n) is 16.0. The van der Waals surface area contributed by atoms with E-state index in [4.69, 9.17) is 0 Å². The maximum atomic E-state index is 12.5. The Labute approximate surface area is 171 Å². The lowest BCUT2D eigenvalue weighted by Crippen LogP contribution is -2.40. The third kappa shape index (κ3) is 4.70. The molecule has 2 aromatic carbocycles. The van der Waals surface area contributed by atoms with E-state index >= 15 is 0 Å². The van der Waals surface area contributed by atoms with E-state index in [1.165, 1.54) is 21.6 Å². The first-order valence-electron chi connectivity index (χ1n) is 9.94. The normalized spacial score (nSPS) is 14.0. The van der Waals surface area contributed by atoms with E-state index in [2.05, 4.69) is 70.2 Å². The number of hydrogen-bond donors (Lipinski definition) is 1. The van der Waals surface area contributed by atoms with Gasteiger partial charge in [-0.1, -0.05) is 60.7 Å². The number of nitrogens with zero attached hydrogens (tertiary/aromatic N) is 1. The van der Waals surface area contributed by atoms with Crippen molar-refractivity contribution in [1.29, 1.82) is 0 Å². The first-order chi connectivity index (χ1) is 13.8. The number of nitrogens with one attached hydrogen (secondary N) is 1. The molecule has 0 spiro atoms. The van der Waals surface area contributed by atoms with Gasteiger partial charge in [0.15, 0.2) is 0 Å². The Morgan fingerprint density at radius 3 is 2.36 bits per heavy atom. The van der Waals surface area contributed by atoms with Crippen molar-refractivity contribution in [3.05, 3.63) is 93.7 Å². The van der Waals surface area contributed by atoms with E-state index in [-0.39, 0.29) is 5.91 Å². The Balaban J connectivity index is 1.31. The Kier molecular flexibility index (Phi) is 6.20. The topological polar surface area (TPSA) is 32.3 Å². The first-order valence-corrected chi connectivity index (χ1v) is 10.8. The number of hydrogen-bond acceptors (Lipinski definition) is 3. The molecule has 1 aliphatic rings. The molecular formula is C24H26N2OS. The summed E-state index contributed by atoms with van der Waals surface area (Å²) in [5, 5.41) is 5.29. The molecule has 0 radical (unpaired) electrons. The van der Waals surface area contributed by atoms with Crippen molar-refractivity contribution in [2.24, 2.45) is 0 Å². The van der Waals surface area contributed by atoms with Crippen molar-refractivity contribution >= 4 is 17.2 Å². The fraction of sp³-hybridized carbons (Fsp3) is 0.292. The number of rotatable bonds is 7. The third-order valence-corrected chi connectivity index (χ3v) is 6.44. The number of amides is 1. The summed E-state index contributed by atoms with van der Waals surface area (Å²) in [6, 6.07) is 23.3. The van der Waals surface area contributed by atoms with Gasteiger partial charge in [-0.3, -0.25) is 9.69 Å². The van der Waals surface area contributed by atoms with Crippen LogP contribution in [0.25, 0.3) is 0 Å². The van der Waals surface area contributed by atoms with Gasteiger partial charge in [0.2, 0.25) is 5.91 Å². The minimum absolute atomic E-state index is 0.124. The second kappa shape index (κ2) is 9.18. The van der Waals surface area contributed by atoms with Crippen molar-refractivity contribution in [3.8, 4) is 0 Å². The van der Waals surface area contributed by atoms with Gasteiger partial charge in [0.05, 0.1) is 6.54 Å². The minimum Gasteiger partial charge on any atom is -0.355 e. The number of carbonyl (C=O) groups excluding carboxylic acids is 1. The van der Waals surface area contributed by atoms with Crippen LogP contribution in [0, 0.1) is 0 Å². The van der Waals surface area contributed by atoms with Crippen molar-refractivity contribution in [3.63, 3.8) is 0 Å². The van der Waals surface area contributed by atoms with Crippen molar-refractivity contribution in [2.45, 2.75) is 25.3 Å². The van der Waals surface area contributed by atoms with Crippen LogP contribution >= 0.6 is 11.3 Å². The molecule has 144 valence electrons. The molecule has 1 aromatic heterocycles. The van der Waals surface area contributed by atoms with Crippen LogP contribution in [0.2, 0.25) is 0 Å². The largest absolute Gasteiger partial charge is 0.355 e. The van der Waals surface area contributed by atoms with Crippen molar-refractivity contribution < 1.29 is 4.79 Å². The highest BCUT2D eigenvalue weighted by molar-refractivity contribution is 7.10. The molecule has 0 fully saturated rings. The molecule has 0 bridgehead atoms. The van der Waals surface area contributed by atoms with Gasteiger partial charge in [0, 0.05) is 30.4 Å². The molecule has 3 aromatic rings. The van der Waals surface area contributed by atoms with Gasteiger partial charge in [0.1, 0.15) is 0 Å². The van der Waals surface area contributed by atoms with Gasteiger partial charge in [0.25, 0.3) is 0 Å². The van der Waals surface area contributed by atoms with Crippen molar-refractivity contribution in [1.82, 2.24) is 10.2 Å². The quantitative estimate of drug-likeness (QED) is 0.647. The summed E-state index contributed by atoms with van der Waals surface area (Å²) in [4.78, 5) is 16.2. The van der Waals surface area contributed by atoms with Crippen LogP contribution < -0.4 is 5.32 Å². The van der Waals surface area contributed by atoms with E-state index in [0.717, 1.165) is 25.9 Å². The lowest BCUT2D eigenvalue weighted by atomic mass is 9.88. The van der Waals surface area contributed by atoms with E-state index in [9.17, 15) is 4.79 Å². The van der Waals surface area contributed by atoms with Gasteiger partial charge >= 0.3 is 0 Å². The second-order valence-electron chi connectivity index (χ2n) is 7.34.